The number of hydrogen-bond donors (Lipinski definition) is 1. The number of hydrogen-bond acceptors (Lipinski definition) is 2. The molecule has 0 saturated heterocycles. The lowest BCUT2D eigenvalue weighted by molar-refractivity contribution is 0.476. The van der Waals surface area contributed by atoms with E-state index in [1.807, 2.05) is 31.0 Å². The summed E-state index contributed by atoms with van der Waals surface area (Å²) in [6.45, 7) is 3.95. The van der Waals surface area contributed by atoms with E-state index in [0.29, 0.717) is 18.7 Å². The van der Waals surface area contributed by atoms with Crippen molar-refractivity contribution in [2.24, 2.45) is 4.99 Å². The number of nitrogens with zero attached hydrogens (tertiary/aromatic N) is 3. The van der Waals surface area contributed by atoms with Crippen LogP contribution in [0.4, 0.5) is 4.39 Å². The quantitative estimate of drug-likeness (QED) is 0.678. The van der Waals surface area contributed by atoms with E-state index >= 15 is 0 Å². The molecule has 5 heteroatoms. The molecule has 1 N–H and O–H groups in total. The fraction of sp³-hybridized carbons (Fsp3) is 0.263. The molecule has 0 spiro atoms. The molecule has 0 amide bonds. The molecule has 2 aromatic rings. The van der Waals surface area contributed by atoms with Crippen molar-refractivity contribution in [2.45, 2.75) is 20.0 Å². The molecule has 0 bridgehead atoms. The third-order valence-corrected chi connectivity index (χ3v) is 3.52. The number of aliphatic imine (C=N–C) groups is 1. The van der Waals surface area contributed by atoms with Crippen LogP contribution in [0, 0.1) is 17.1 Å². The molecule has 2 rings (SSSR count). The zero-order chi connectivity index (χ0) is 17.4. The second-order valence-electron chi connectivity index (χ2n) is 5.46. The fourth-order valence-electron chi connectivity index (χ4n) is 2.26. The van der Waals surface area contributed by atoms with Crippen LogP contribution < -0.4 is 5.32 Å². The van der Waals surface area contributed by atoms with Gasteiger partial charge >= 0.3 is 0 Å². The van der Waals surface area contributed by atoms with E-state index in [2.05, 4.69) is 16.4 Å². The minimum atomic E-state index is -0.234. The Labute approximate surface area is 142 Å². The van der Waals surface area contributed by atoms with Crippen molar-refractivity contribution in [3.8, 4) is 6.07 Å². The Kier molecular flexibility index (Phi) is 6.32. The van der Waals surface area contributed by atoms with Crippen LogP contribution >= 0.6 is 0 Å². The monoisotopic (exact) mass is 324 g/mol. The van der Waals surface area contributed by atoms with Crippen molar-refractivity contribution < 1.29 is 4.39 Å². The number of halogens is 1. The minimum absolute atomic E-state index is 0.234. The predicted octanol–water partition coefficient (Wildman–Crippen LogP) is 3.29. The van der Waals surface area contributed by atoms with E-state index < -0.39 is 0 Å². The van der Waals surface area contributed by atoms with Gasteiger partial charge in [0.15, 0.2) is 5.96 Å². The smallest absolute Gasteiger partial charge is 0.194 e. The molecule has 0 aliphatic heterocycles. The maximum atomic E-state index is 13.0. The van der Waals surface area contributed by atoms with E-state index in [1.54, 1.807) is 24.3 Å². The SMILES string of the molecule is CCNC(=NCc1ccc(C#N)cc1)N(C)Cc1ccc(F)cc1. The number of benzene rings is 2. The molecular formula is C19H21FN4. The third-order valence-electron chi connectivity index (χ3n) is 3.52. The third kappa shape index (κ3) is 5.10. The standard InChI is InChI=1S/C19H21FN4/c1-3-22-19(23-13-16-6-4-15(12-21)5-7-16)24(2)14-17-8-10-18(20)11-9-17/h4-11H,3,13-14H2,1-2H3,(H,22,23). The van der Waals surface area contributed by atoms with Crippen LogP contribution in [0.2, 0.25) is 0 Å². The summed E-state index contributed by atoms with van der Waals surface area (Å²) in [6, 6.07) is 16.0. The second-order valence-corrected chi connectivity index (χ2v) is 5.46. The van der Waals surface area contributed by atoms with Crippen LogP contribution in [-0.4, -0.2) is 24.5 Å². The number of guanidine groups is 1. The Bertz CT molecular complexity index is 715. The summed E-state index contributed by atoms with van der Waals surface area (Å²) in [5, 5.41) is 12.1. The summed E-state index contributed by atoms with van der Waals surface area (Å²) in [4.78, 5) is 6.63. The molecule has 0 fully saturated rings. The molecule has 0 aromatic heterocycles. The number of nitrogens with one attached hydrogen (secondary N) is 1. The van der Waals surface area contributed by atoms with Gasteiger partial charge in [-0.25, -0.2) is 9.38 Å². The highest BCUT2D eigenvalue weighted by Crippen LogP contribution is 2.08. The molecule has 0 aliphatic carbocycles. The molecule has 24 heavy (non-hydrogen) atoms. The normalized spacial score (nSPS) is 11.0. The van der Waals surface area contributed by atoms with Crippen LogP contribution in [0.15, 0.2) is 53.5 Å². The molecule has 0 unspecified atom stereocenters. The van der Waals surface area contributed by atoms with Crippen molar-refractivity contribution in [3.63, 3.8) is 0 Å². The molecule has 0 atom stereocenters. The van der Waals surface area contributed by atoms with E-state index in [1.165, 1.54) is 12.1 Å². The molecule has 0 saturated carbocycles. The largest absolute Gasteiger partial charge is 0.357 e. The summed E-state index contributed by atoms with van der Waals surface area (Å²) < 4.78 is 13.0. The van der Waals surface area contributed by atoms with Crippen molar-refractivity contribution in [3.05, 3.63) is 71.0 Å². The number of nitriles is 1. The van der Waals surface area contributed by atoms with Crippen LogP contribution in [0.1, 0.15) is 23.6 Å². The summed E-state index contributed by atoms with van der Waals surface area (Å²) in [5.74, 6) is 0.550. The van der Waals surface area contributed by atoms with Gasteiger partial charge in [0.25, 0.3) is 0 Å². The Balaban J connectivity index is 2.05. The topological polar surface area (TPSA) is 51.4 Å². The molecule has 0 aliphatic rings. The van der Waals surface area contributed by atoms with Gasteiger partial charge in [0, 0.05) is 20.1 Å². The van der Waals surface area contributed by atoms with Gasteiger partial charge in [-0.3, -0.25) is 0 Å². The minimum Gasteiger partial charge on any atom is -0.357 e. The Morgan fingerprint density at radius 1 is 1.12 bits per heavy atom. The maximum Gasteiger partial charge on any atom is 0.194 e. The molecule has 2 aromatic carbocycles. The summed E-state index contributed by atoms with van der Waals surface area (Å²) in [6.07, 6.45) is 0. The van der Waals surface area contributed by atoms with E-state index in [4.69, 9.17) is 5.26 Å². The highest BCUT2D eigenvalue weighted by molar-refractivity contribution is 5.79. The predicted molar refractivity (Wildman–Crippen MR) is 93.8 cm³/mol. The van der Waals surface area contributed by atoms with E-state index in [0.717, 1.165) is 23.6 Å². The zero-order valence-corrected chi connectivity index (χ0v) is 14.0. The Morgan fingerprint density at radius 3 is 2.33 bits per heavy atom. The van der Waals surface area contributed by atoms with Gasteiger partial charge < -0.3 is 10.2 Å². The van der Waals surface area contributed by atoms with Gasteiger partial charge in [-0.15, -0.1) is 0 Å². The molecule has 0 heterocycles. The summed E-state index contributed by atoms with van der Waals surface area (Å²) >= 11 is 0. The lowest BCUT2D eigenvalue weighted by Gasteiger charge is -2.22. The van der Waals surface area contributed by atoms with E-state index in [9.17, 15) is 4.39 Å². The van der Waals surface area contributed by atoms with Crippen LogP contribution in [-0.2, 0) is 13.1 Å². The highest BCUT2D eigenvalue weighted by atomic mass is 19.1. The first-order valence-corrected chi connectivity index (χ1v) is 7.85. The van der Waals surface area contributed by atoms with Gasteiger partial charge in [0.05, 0.1) is 18.2 Å². The Morgan fingerprint density at radius 2 is 1.75 bits per heavy atom. The fourth-order valence-corrected chi connectivity index (χ4v) is 2.26. The lowest BCUT2D eigenvalue weighted by Crippen LogP contribution is -2.38. The summed E-state index contributed by atoms with van der Waals surface area (Å²) in [5.41, 5.74) is 2.70. The molecule has 4 nitrogen and oxygen atoms in total. The zero-order valence-electron chi connectivity index (χ0n) is 14.0. The molecular weight excluding hydrogens is 303 g/mol. The first kappa shape index (κ1) is 17.5. The van der Waals surface area contributed by atoms with Gasteiger partial charge in [-0.05, 0) is 42.3 Å². The van der Waals surface area contributed by atoms with E-state index in [-0.39, 0.29) is 5.82 Å². The first-order chi connectivity index (χ1) is 11.6. The average Bonchev–Trinajstić information content (AvgIpc) is 2.61. The second kappa shape index (κ2) is 8.68. The molecule has 0 radical (unpaired) electrons. The van der Waals surface area contributed by atoms with Crippen molar-refractivity contribution in [2.75, 3.05) is 13.6 Å². The van der Waals surface area contributed by atoms with Crippen molar-refractivity contribution in [1.82, 2.24) is 10.2 Å². The van der Waals surface area contributed by atoms with Gasteiger partial charge in [0.2, 0.25) is 0 Å². The number of rotatable bonds is 5. The van der Waals surface area contributed by atoms with Gasteiger partial charge in [-0.2, -0.15) is 5.26 Å². The van der Waals surface area contributed by atoms with Gasteiger partial charge in [-0.1, -0.05) is 24.3 Å². The van der Waals surface area contributed by atoms with Crippen LogP contribution in [0.3, 0.4) is 0 Å². The van der Waals surface area contributed by atoms with Crippen LogP contribution in [0.25, 0.3) is 0 Å². The summed E-state index contributed by atoms with van der Waals surface area (Å²) in [7, 11) is 1.95. The molecule has 124 valence electrons. The van der Waals surface area contributed by atoms with Crippen molar-refractivity contribution in [1.29, 1.82) is 5.26 Å². The lowest BCUT2D eigenvalue weighted by atomic mass is 10.1. The maximum absolute atomic E-state index is 13.0. The van der Waals surface area contributed by atoms with Crippen LogP contribution in [0.5, 0.6) is 0 Å². The first-order valence-electron chi connectivity index (χ1n) is 7.85. The average molecular weight is 324 g/mol. The van der Waals surface area contributed by atoms with Crippen molar-refractivity contribution >= 4 is 5.96 Å². The Hall–Kier alpha value is -2.87. The highest BCUT2D eigenvalue weighted by Gasteiger charge is 2.06. The van der Waals surface area contributed by atoms with Gasteiger partial charge in [0.1, 0.15) is 5.82 Å².